The molecule has 25 heavy (non-hydrogen) atoms. The molecule has 0 aromatic heterocycles. The molecule has 2 aromatic rings. The maximum atomic E-state index is 12.5. The Balaban J connectivity index is 2.11. The van der Waals surface area contributed by atoms with Gasteiger partial charge in [0.1, 0.15) is 5.75 Å². The maximum Gasteiger partial charge on any atom is 0.243 e. The van der Waals surface area contributed by atoms with E-state index in [4.69, 9.17) is 27.9 Å². The van der Waals surface area contributed by atoms with Crippen LogP contribution in [-0.4, -0.2) is 39.3 Å². The van der Waals surface area contributed by atoms with Crippen molar-refractivity contribution in [3.8, 4) is 5.75 Å². The summed E-state index contributed by atoms with van der Waals surface area (Å²) in [6.45, 7) is -0.393. The highest BCUT2D eigenvalue weighted by atomic mass is 35.5. The van der Waals surface area contributed by atoms with Gasteiger partial charge in [0.15, 0.2) is 0 Å². The van der Waals surface area contributed by atoms with E-state index in [1.165, 1.54) is 38.4 Å². The summed E-state index contributed by atoms with van der Waals surface area (Å²) in [4.78, 5) is 12.2. The number of sulfonamides is 1. The van der Waals surface area contributed by atoms with E-state index in [2.05, 4.69) is 5.32 Å². The number of carbonyl (C=O) groups excluding carboxylic acids is 1. The van der Waals surface area contributed by atoms with Gasteiger partial charge in [-0.1, -0.05) is 29.3 Å². The fraction of sp³-hybridized carbons (Fsp3) is 0.188. The molecular formula is C16H16Cl2N2O4S. The third-order valence-electron chi connectivity index (χ3n) is 3.36. The molecule has 134 valence electrons. The monoisotopic (exact) mass is 402 g/mol. The number of ether oxygens (including phenoxy) is 1. The lowest BCUT2D eigenvalue weighted by Gasteiger charge is -2.17. The molecule has 2 rings (SSSR count). The molecule has 0 atom stereocenters. The summed E-state index contributed by atoms with van der Waals surface area (Å²) in [5.41, 5.74) is 0.242. The van der Waals surface area contributed by atoms with Gasteiger partial charge in [0.05, 0.1) is 34.3 Å². The summed E-state index contributed by atoms with van der Waals surface area (Å²) >= 11 is 12.0. The van der Waals surface area contributed by atoms with Crippen molar-refractivity contribution in [2.45, 2.75) is 4.90 Å². The number of amides is 1. The highest BCUT2D eigenvalue weighted by Crippen LogP contribution is 2.29. The average Bonchev–Trinajstić information content (AvgIpc) is 2.58. The van der Waals surface area contributed by atoms with Crippen LogP contribution in [0.2, 0.25) is 10.0 Å². The van der Waals surface area contributed by atoms with Crippen molar-refractivity contribution in [2.24, 2.45) is 0 Å². The van der Waals surface area contributed by atoms with Gasteiger partial charge in [0, 0.05) is 7.05 Å². The van der Waals surface area contributed by atoms with Crippen LogP contribution in [0.1, 0.15) is 0 Å². The van der Waals surface area contributed by atoms with Gasteiger partial charge in [-0.15, -0.1) is 0 Å². The highest BCUT2D eigenvalue weighted by molar-refractivity contribution is 7.89. The van der Waals surface area contributed by atoms with Crippen molar-refractivity contribution in [3.05, 3.63) is 52.5 Å². The van der Waals surface area contributed by atoms with Crippen molar-refractivity contribution < 1.29 is 17.9 Å². The third-order valence-corrected chi connectivity index (χ3v) is 5.81. The van der Waals surface area contributed by atoms with E-state index < -0.39 is 22.5 Å². The molecule has 0 fully saturated rings. The Morgan fingerprint density at radius 1 is 1.12 bits per heavy atom. The topological polar surface area (TPSA) is 75.7 Å². The quantitative estimate of drug-likeness (QED) is 0.804. The van der Waals surface area contributed by atoms with Gasteiger partial charge in [0.25, 0.3) is 0 Å². The number of benzene rings is 2. The van der Waals surface area contributed by atoms with Crippen LogP contribution in [0.25, 0.3) is 0 Å². The molecule has 9 heteroatoms. The zero-order valence-electron chi connectivity index (χ0n) is 13.5. The Morgan fingerprint density at radius 2 is 1.68 bits per heavy atom. The lowest BCUT2D eigenvalue weighted by Crippen LogP contribution is -2.35. The average molecular weight is 403 g/mol. The van der Waals surface area contributed by atoms with Gasteiger partial charge < -0.3 is 10.1 Å². The van der Waals surface area contributed by atoms with Crippen molar-refractivity contribution in [1.82, 2.24) is 4.31 Å². The number of nitrogens with zero attached hydrogens (tertiary/aromatic N) is 1. The van der Waals surface area contributed by atoms with Gasteiger partial charge in [-0.25, -0.2) is 8.42 Å². The normalized spacial score (nSPS) is 11.4. The number of hydrogen-bond donors (Lipinski definition) is 1. The van der Waals surface area contributed by atoms with Gasteiger partial charge in [-0.3, -0.25) is 4.79 Å². The molecule has 0 heterocycles. The Bertz CT molecular complexity index is 850. The fourth-order valence-corrected chi connectivity index (χ4v) is 3.63. The molecule has 1 N–H and O–H groups in total. The number of methoxy groups -OCH3 is 1. The summed E-state index contributed by atoms with van der Waals surface area (Å²) in [5.74, 6) is -0.0257. The van der Waals surface area contributed by atoms with E-state index >= 15 is 0 Å². The zero-order chi connectivity index (χ0) is 18.6. The van der Waals surface area contributed by atoms with Crippen LogP contribution in [0.3, 0.4) is 0 Å². The second-order valence-electron chi connectivity index (χ2n) is 5.08. The number of halogens is 2. The molecular weight excluding hydrogens is 387 g/mol. The van der Waals surface area contributed by atoms with Gasteiger partial charge >= 0.3 is 0 Å². The van der Waals surface area contributed by atoms with Crippen molar-refractivity contribution in [1.29, 1.82) is 0 Å². The second kappa shape index (κ2) is 8.05. The highest BCUT2D eigenvalue weighted by Gasteiger charge is 2.23. The van der Waals surface area contributed by atoms with E-state index in [1.807, 2.05) is 0 Å². The predicted octanol–water partition coefficient (Wildman–Crippen LogP) is 3.26. The molecule has 0 aliphatic rings. The molecule has 0 aliphatic carbocycles. The molecule has 0 unspecified atom stereocenters. The van der Waals surface area contributed by atoms with Crippen molar-refractivity contribution in [3.63, 3.8) is 0 Å². The van der Waals surface area contributed by atoms with Crippen molar-refractivity contribution >= 4 is 44.8 Å². The number of hydrogen-bond acceptors (Lipinski definition) is 4. The number of carbonyl (C=O) groups is 1. The fourth-order valence-electron chi connectivity index (χ4n) is 2.01. The predicted molar refractivity (Wildman–Crippen MR) is 97.9 cm³/mol. The molecule has 2 aromatic carbocycles. The Labute approximate surface area is 156 Å². The summed E-state index contributed by atoms with van der Waals surface area (Å²) in [6, 6.07) is 10.7. The molecule has 0 spiro atoms. The van der Waals surface area contributed by atoms with Crippen LogP contribution in [0.15, 0.2) is 47.4 Å². The van der Waals surface area contributed by atoms with Crippen LogP contribution in [0, 0.1) is 0 Å². The first-order valence-electron chi connectivity index (χ1n) is 7.10. The van der Waals surface area contributed by atoms with E-state index in [0.29, 0.717) is 5.75 Å². The Morgan fingerprint density at radius 3 is 2.20 bits per heavy atom. The van der Waals surface area contributed by atoms with Crippen LogP contribution in [0.5, 0.6) is 5.75 Å². The number of likely N-dealkylation sites (N-methyl/N-ethyl adjacent to an activating group) is 1. The second-order valence-corrected chi connectivity index (χ2v) is 7.94. The molecule has 6 nitrogen and oxygen atoms in total. The minimum Gasteiger partial charge on any atom is -0.497 e. The lowest BCUT2D eigenvalue weighted by atomic mass is 10.3. The van der Waals surface area contributed by atoms with Crippen LogP contribution < -0.4 is 10.1 Å². The third kappa shape index (κ3) is 4.64. The first-order chi connectivity index (χ1) is 11.8. The molecule has 0 saturated heterocycles. The number of para-hydroxylation sites is 1. The molecule has 1 amide bonds. The largest absolute Gasteiger partial charge is 0.497 e. The summed E-state index contributed by atoms with van der Waals surface area (Å²) in [6.07, 6.45) is 0. The van der Waals surface area contributed by atoms with Crippen molar-refractivity contribution in [2.75, 3.05) is 26.0 Å². The maximum absolute atomic E-state index is 12.5. The smallest absolute Gasteiger partial charge is 0.243 e. The van der Waals surface area contributed by atoms with E-state index in [9.17, 15) is 13.2 Å². The van der Waals surface area contributed by atoms with E-state index in [1.54, 1.807) is 18.2 Å². The Kier molecular flexibility index (Phi) is 6.29. The SMILES string of the molecule is COc1ccc(S(=O)(=O)N(C)CC(=O)Nc2c(Cl)cccc2Cl)cc1. The molecule has 0 bridgehead atoms. The van der Waals surface area contributed by atoms with Gasteiger partial charge in [0.2, 0.25) is 15.9 Å². The first kappa shape index (κ1) is 19.5. The number of nitrogens with one attached hydrogen (secondary N) is 1. The standard InChI is InChI=1S/C16H16Cl2N2O4S/c1-20(25(22,23)12-8-6-11(24-2)7-9-12)10-15(21)19-16-13(17)4-3-5-14(16)18/h3-9H,10H2,1-2H3,(H,19,21). The first-order valence-corrected chi connectivity index (χ1v) is 9.29. The Hall–Kier alpha value is -1.80. The minimum atomic E-state index is -3.82. The van der Waals surface area contributed by atoms with Crippen LogP contribution >= 0.6 is 23.2 Å². The molecule has 0 aliphatic heterocycles. The molecule has 0 saturated carbocycles. The lowest BCUT2D eigenvalue weighted by molar-refractivity contribution is -0.116. The van der Waals surface area contributed by atoms with Gasteiger partial charge in [-0.05, 0) is 36.4 Å². The number of rotatable bonds is 6. The van der Waals surface area contributed by atoms with Crippen LogP contribution in [-0.2, 0) is 14.8 Å². The van der Waals surface area contributed by atoms with Crippen LogP contribution in [0.4, 0.5) is 5.69 Å². The van der Waals surface area contributed by atoms with E-state index in [0.717, 1.165) is 4.31 Å². The summed E-state index contributed by atoms with van der Waals surface area (Å²) in [7, 11) is -1.02. The molecule has 0 radical (unpaired) electrons. The van der Waals surface area contributed by atoms with Gasteiger partial charge in [-0.2, -0.15) is 4.31 Å². The summed E-state index contributed by atoms with van der Waals surface area (Å²) in [5, 5.41) is 3.05. The zero-order valence-corrected chi connectivity index (χ0v) is 15.8. The minimum absolute atomic E-state index is 0.0550. The summed E-state index contributed by atoms with van der Waals surface area (Å²) < 4.78 is 31.0. The van der Waals surface area contributed by atoms with E-state index in [-0.39, 0.29) is 20.6 Å². The number of anilines is 1.